The van der Waals surface area contributed by atoms with Gasteiger partial charge in [0, 0.05) is 5.41 Å². The minimum Gasteiger partial charge on any atom is -0.504 e. The number of methoxy groups -OCH3 is 1. The molecule has 130 valence electrons. The minimum absolute atomic E-state index is 0.0237. The molecule has 9 nitrogen and oxygen atoms in total. The first-order chi connectivity index (χ1) is 11.8. The first-order valence-electron chi connectivity index (χ1n) is 7.56. The Hall–Kier alpha value is -3.23. The zero-order valence-electron chi connectivity index (χ0n) is 14.3. The van der Waals surface area contributed by atoms with E-state index in [9.17, 15) is 9.90 Å². The maximum Gasteiger partial charge on any atom is 0.298 e. The Morgan fingerprint density at radius 1 is 1.32 bits per heavy atom. The predicted octanol–water partition coefficient (Wildman–Crippen LogP) is 1.18. The van der Waals surface area contributed by atoms with Gasteiger partial charge in [0.05, 0.1) is 13.3 Å². The highest BCUT2D eigenvalue weighted by atomic mass is 16.5. The van der Waals surface area contributed by atoms with Crippen LogP contribution in [0.4, 0.5) is 0 Å². The van der Waals surface area contributed by atoms with Crippen LogP contribution in [-0.2, 0) is 5.41 Å². The summed E-state index contributed by atoms with van der Waals surface area (Å²) in [6, 6.07) is 4.75. The molecule has 1 aromatic carbocycles. The molecule has 2 aromatic heterocycles. The molecule has 0 saturated heterocycles. The third kappa shape index (κ3) is 3.08. The molecule has 0 aliphatic rings. The Morgan fingerprint density at radius 2 is 2.08 bits per heavy atom. The average molecular weight is 342 g/mol. The smallest absolute Gasteiger partial charge is 0.298 e. The van der Waals surface area contributed by atoms with E-state index in [1.54, 1.807) is 12.1 Å². The third-order valence-electron chi connectivity index (χ3n) is 3.54. The van der Waals surface area contributed by atoms with Crippen LogP contribution in [0.1, 0.15) is 32.0 Å². The molecule has 2 heterocycles. The van der Waals surface area contributed by atoms with E-state index in [4.69, 9.17) is 4.74 Å². The van der Waals surface area contributed by atoms with Crippen LogP contribution < -0.4 is 10.3 Å². The van der Waals surface area contributed by atoms with Gasteiger partial charge >= 0.3 is 0 Å². The maximum atomic E-state index is 12.8. The zero-order valence-corrected chi connectivity index (χ0v) is 14.3. The largest absolute Gasteiger partial charge is 0.504 e. The molecule has 3 aromatic rings. The number of phenolic OH excluding ortho intramolecular Hbond substituents is 1. The van der Waals surface area contributed by atoms with Crippen LogP contribution >= 0.6 is 0 Å². The van der Waals surface area contributed by atoms with Crippen LogP contribution in [0.25, 0.3) is 5.78 Å². The second kappa shape index (κ2) is 6.00. The fraction of sp³-hybridized carbons (Fsp3) is 0.312. The Balaban J connectivity index is 2.14. The molecule has 25 heavy (non-hydrogen) atoms. The van der Waals surface area contributed by atoms with Gasteiger partial charge in [-0.2, -0.15) is 19.4 Å². The Morgan fingerprint density at radius 3 is 2.76 bits per heavy atom. The van der Waals surface area contributed by atoms with Gasteiger partial charge in [-0.05, 0) is 23.8 Å². The van der Waals surface area contributed by atoms with Crippen molar-refractivity contribution in [2.45, 2.75) is 26.2 Å². The number of ether oxygens (including phenoxy) is 1. The first-order valence-corrected chi connectivity index (χ1v) is 7.56. The molecule has 0 atom stereocenters. The van der Waals surface area contributed by atoms with Crippen LogP contribution in [0.2, 0.25) is 0 Å². The van der Waals surface area contributed by atoms with Gasteiger partial charge in [-0.25, -0.2) is 0 Å². The van der Waals surface area contributed by atoms with Crippen molar-refractivity contribution < 1.29 is 9.84 Å². The molecule has 3 rings (SSSR count). The van der Waals surface area contributed by atoms with Gasteiger partial charge < -0.3 is 9.84 Å². The molecule has 0 fully saturated rings. The highest BCUT2D eigenvalue weighted by Crippen LogP contribution is 2.25. The summed E-state index contributed by atoms with van der Waals surface area (Å²) in [6.45, 7) is 5.68. The third-order valence-corrected chi connectivity index (χ3v) is 3.54. The monoisotopic (exact) mass is 342 g/mol. The lowest BCUT2D eigenvalue weighted by atomic mass is 9.93. The quantitative estimate of drug-likeness (QED) is 0.716. The number of hydrogen-bond acceptors (Lipinski definition) is 7. The topological polar surface area (TPSA) is 107 Å². The van der Waals surface area contributed by atoms with Gasteiger partial charge in [0.2, 0.25) is 0 Å². The van der Waals surface area contributed by atoms with Crippen molar-refractivity contribution in [3.05, 3.63) is 46.1 Å². The molecule has 0 amide bonds. The number of aromatic hydroxyl groups is 1. The van der Waals surface area contributed by atoms with E-state index < -0.39 is 5.41 Å². The van der Waals surface area contributed by atoms with E-state index in [1.807, 2.05) is 20.8 Å². The van der Waals surface area contributed by atoms with Crippen molar-refractivity contribution in [3.63, 3.8) is 0 Å². The molecule has 1 N–H and O–H groups in total. The number of phenols is 1. The van der Waals surface area contributed by atoms with Crippen molar-refractivity contribution in [2.24, 2.45) is 5.10 Å². The van der Waals surface area contributed by atoms with Gasteiger partial charge in [-0.3, -0.25) is 4.79 Å². The van der Waals surface area contributed by atoms with Crippen molar-refractivity contribution in [2.75, 3.05) is 7.11 Å². The van der Waals surface area contributed by atoms with Crippen LogP contribution in [0.15, 0.2) is 34.4 Å². The summed E-state index contributed by atoms with van der Waals surface area (Å²) in [6.07, 6.45) is 2.89. The molecule has 0 aliphatic carbocycles. The maximum absolute atomic E-state index is 12.8. The molecule has 0 saturated carbocycles. The fourth-order valence-corrected chi connectivity index (χ4v) is 2.25. The van der Waals surface area contributed by atoms with Gasteiger partial charge in [-0.1, -0.05) is 20.8 Å². The Bertz CT molecular complexity index is 1010. The van der Waals surface area contributed by atoms with E-state index >= 15 is 0 Å². The lowest BCUT2D eigenvalue weighted by molar-refractivity contribution is 0.373. The summed E-state index contributed by atoms with van der Waals surface area (Å²) in [4.78, 5) is 12.8. The summed E-state index contributed by atoms with van der Waals surface area (Å²) in [5, 5.41) is 25.9. The molecular weight excluding hydrogens is 324 g/mol. The average Bonchev–Trinajstić information content (AvgIpc) is 3.02. The normalized spacial score (nSPS) is 12.2. The number of benzene rings is 1. The van der Waals surface area contributed by atoms with Crippen molar-refractivity contribution in [1.29, 1.82) is 0 Å². The molecule has 0 spiro atoms. The molecule has 0 bridgehead atoms. The molecule has 9 heteroatoms. The van der Waals surface area contributed by atoms with Crippen LogP contribution in [0, 0.1) is 0 Å². The van der Waals surface area contributed by atoms with E-state index in [-0.39, 0.29) is 17.1 Å². The summed E-state index contributed by atoms with van der Waals surface area (Å²) < 4.78 is 7.63. The van der Waals surface area contributed by atoms with E-state index in [2.05, 4.69) is 20.4 Å². The number of hydrogen-bond donors (Lipinski definition) is 1. The predicted molar refractivity (Wildman–Crippen MR) is 91.4 cm³/mol. The lowest BCUT2D eigenvalue weighted by Gasteiger charge is -2.16. The first kappa shape index (κ1) is 16.6. The summed E-state index contributed by atoms with van der Waals surface area (Å²) >= 11 is 0. The lowest BCUT2D eigenvalue weighted by Crippen LogP contribution is -2.33. The SMILES string of the molecule is COc1cc(/C=N\n2c(=O)c(C(C)(C)C)nn3cnnc23)ccc1O. The zero-order chi connectivity index (χ0) is 18.2. The summed E-state index contributed by atoms with van der Waals surface area (Å²) in [5.74, 6) is 0.546. The highest BCUT2D eigenvalue weighted by Gasteiger charge is 2.23. The summed E-state index contributed by atoms with van der Waals surface area (Å²) in [7, 11) is 1.46. The Labute approximate surface area is 143 Å². The standard InChI is InChI=1S/C16H18N6O3/c1-16(2,3)13-14(24)22(15-19-17-9-21(15)20-13)18-8-10-5-6-11(23)12(7-10)25-4/h5-9,23H,1-4H3/b18-8-. The molecule has 0 unspecified atom stereocenters. The second-order valence-electron chi connectivity index (χ2n) is 6.47. The highest BCUT2D eigenvalue weighted by molar-refractivity contribution is 5.80. The van der Waals surface area contributed by atoms with Gasteiger partial charge in [-0.15, -0.1) is 10.2 Å². The molecular formula is C16H18N6O3. The Kier molecular flexibility index (Phi) is 3.99. The fourth-order valence-electron chi connectivity index (χ4n) is 2.25. The van der Waals surface area contributed by atoms with E-state index in [1.165, 1.54) is 30.2 Å². The second-order valence-corrected chi connectivity index (χ2v) is 6.47. The van der Waals surface area contributed by atoms with Gasteiger partial charge in [0.1, 0.15) is 12.0 Å². The van der Waals surface area contributed by atoms with Crippen molar-refractivity contribution in [1.82, 2.24) is 24.5 Å². The van der Waals surface area contributed by atoms with Crippen LogP contribution in [0.3, 0.4) is 0 Å². The number of aromatic nitrogens is 5. The van der Waals surface area contributed by atoms with Crippen molar-refractivity contribution in [3.8, 4) is 11.5 Å². The van der Waals surface area contributed by atoms with Crippen molar-refractivity contribution >= 4 is 12.0 Å². The van der Waals surface area contributed by atoms with E-state index in [0.717, 1.165) is 4.68 Å². The minimum atomic E-state index is -0.464. The molecule has 0 radical (unpaired) electrons. The van der Waals surface area contributed by atoms with E-state index in [0.29, 0.717) is 17.0 Å². The molecule has 0 aliphatic heterocycles. The van der Waals surface area contributed by atoms with Crippen LogP contribution in [0.5, 0.6) is 11.5 Å². The van der Waals surface area contributed by atoms with Gasteiger partial charge in [0.25, 0.3) is 11.3 Å². The number of nitrogens with zero attached hydrogens (tertiary/aromatic N) is 6. The van der Waals surface area contributed by atoms with Gasteiger partial charge in [0.15, 0.2) is 11.5 Å². The number of fused-ring (bicyclic) bond motifs is 1. The van der Waals surface area contributed by atoms with Crippen LogP contribution in [-0.4, -0.2) is 42.9 Å². The summed E-state index contributed by atoms with van der Waals surface area (Å²) in [5.41, 5.74) is 0.165. The number of rotatable bonds is 3.